The van der Waals surface area contributed by atoms with Gasteiger partial charge in [-0.2, -0.15) is 0 Å². The van der Waals surface area contributed by atoms with Crippen molar-refractivity contribution in [1.82, 2.24) is 4.98 Å². The smallest absolute Gasteiger partial charge is 0.0273 e. The molecule has 0 N–H and O–H groups in total. The van der Waals surface area contributed by atoms with Crippen LogP contribution in [-0.2, 0) is 0 Å². The van der Waals surface area contributed by atoms with Gasteiger partial charge in [0.1, 0.15) is 0 Å². The summed E-state index contributed by atoms with van der Waals surface area (Å²) in [5.41, 5.74) is 2.36. The average molecular weight is 201 g/mol. The van der Waals surface area contributed by atoms with Crippen LogP contribution in [0.4, 0.5) is 0 Å². The summed E-state index contributed by atoms with van der Waals surface area (Å²) in [6.07, 6.45) is 11.4. The number of aromatic nitrogens is 1. The van der Waals surface area contributed by atoms with E-state index in [1.54, 1.807) is 18.5 Å². The Hall–Kier alpha value is -1.63. The number of allylic oxidation sites excluding steroid dienone is 5. The van der Waals surface area contributed by atoms with Crippen LogP contribution in [-0.4, -0.2) is 4.98 Å². The minimum absolute atomic E-state index is 1.18. The highest BCUT2D eigenvalue weighted by atomic mass is 14.6. The van der Waals surface area contributed by atoms with Crippen molar-refractivity contribution >= 4 is 5.57 Å². The lowest BCUT2D eigenvalue weighted by Crippen LogP contribution is -1.80. The van der Waals surface area contributed by atoms with Gasteiger partial charge in [-0.25, -0.2) is 0 Å². The molecule has 0 saturated carbocycles. The summed E-state index contributed by atoms with van der Waals surface area (Å²) in [4.78, 5) is 3.97. The number of hydrogen-bond acceptors (Lipinski definition) is 1. The molecule has 1 rings (SSSR count). The SMILES string of the molecule is C=C/C=C\C(=C/C)c1ccncc1.CC. The zero-order valence-corrected chi connectivity index (χ0v) is 9.77. The zero-order valence-electron chi connectivity index (χ0n) is 9.77. The van der Waals surface area contributed by atoms with E-state index in [9.17, 15) is 0 Å². The molecule has 1 aromatic heterocycles. The van der Waals surface area contributed by atoms with Crippen molar-refractivity contribution in [2.24, 2.45) is 0 Å². The zero-order chi connectivity index (χ0) is 11.5. The molecule has 0 spiro atoms. The Morgan fingerprint density at radius 1 is 1.27 bits per heavy atom. The van der Waals surface area contributed by atoms with Crippen molar-refractivity contribution in [2.75, 3.05) is 0 Å². The van der Waals surface area contributed by atoms with Gasteiger partial charge in [0, 0.05) is 12.4 Å². The number of rotatable bonds is 3. The second kappa shape index (κ2) is 8.95. The van der Waals surface area contributed by atoms with Gasteiger partial charge in [0.25, 0.3) is 0 Å². The van der Waals surface area contributed by atoms with Crippen LogP contribution in [0.15, 0.2) is 55.4 Å². The fraction of sp³-hybridized carbons (Fsp3) is 0.214. The summed E-state index contributed by atoms with van der Waals surface area (Å²) in [6.45, 7) is 9.65. The van der Waals surface area contributed by atoms with Crippen LogP contribution in [0.2, 0.25) is 0 Å². The summed E-state index contributed by atoms with van der Waals surface area (Å²) in [5, 5.41) is 0. The van der Waals surface area contributed by atoms with Gasteiger partial charge in [-0.3, -0.25) is 4.98 Å². The topological polar surface area (TPSA) is 12.9 Å². The quantitative estimate of drug-likeness (QED) is 0.666. The van der Waals surface area contributed by atoms with E-state index in [0.29, 0.717) is 0 Å². The maximum atomic E-state index is 3.97. The lowest BCUT2D eigenvalue weighted by atomic mass is 10.1. The summed E-state index contributed by atoms with van der Waals surface area (Å²) in [7, 11) is 0. The molecule has 1 aromatic rings. The molecule has 1 heterocycles. The van der Waals surface area contributed by atoms with E-state index in [4.69, 9.17) is 0 Å². The molecular formula is C14H19N. The lowest BCUT2D eigenvalue weighted by molar-refractivity contribution is 1.32. The van der Waals surface area contributed by atoms with Crippen LogP contribution in [0.25, 0.3) is 5.57 Å². The highest BCUT2D eigenvalue weighted by Gasteiger charge is 1.93. The summed E-state index contributed by atoms with van der Waals surface area (Å²) in [5.74, 6) is 0. The monoisotopic (exact) mass is 201 g/mol. The second-order valence-electron chi connectivity index (χ2n) is 2.57. The molecule has 1 nitrogen and oxygen atoms in total. The first-order valence-corrected chi connectivity index (χ1v) is 5.24. The first kappa shape index (κ1) is 13.4. The van der Waals surface area contributed by atoms with E-state index < -0.39 is 0 Å². The van der Waals surface area contributed by atoms with E-state index in [1.165, 1.54) is 11.1 Å². The normalized spacial score (nSPS) is 10.7. The molecule has 0 aromatic carbocycles. The molecule has 0 atom stereocenters. The molecule has 0 fully saturated rings. The Morgan fingerprint density at radius 2 is 1.87 bits per heavy atom. The van der Waals surface area contributed by atoms with E-state index in [-0.39, 0.29) is 0 Å². The minimum Gasteiger partial charge on any atom is -0.265 e. The summed E-state index contributed by atoms with van der Waals surface area (Å²) < 4.78 is 0. The van der Waals surface area contributed by atoms with Crippen LogP contribution in [0.3, 0.4) is 0 Å². The third kappa shape index (κ3) is 4.96. The first-order chi connectivity index (χ1) is 7.38. The van der Waals surface area contributed by atoms with Crippen molar-refractivity contribution in [3.63, 3.8) is 0 Å². The number of hydrogen-bond donors (Lipinski definition) is 0. The Bertz CT molecular complexity index is 320. The van der Waals surface area contributed by atoms with E-state index in [1.807, 2.05) is 45.1 Å². The molecule has 15 heavy (non-hydrogen) atoms. The average Bonchev–Trinajstić information content (AvgIpc) is 2.34. The van der Waals surface area contributed by atoms with Gasteiger partial charge >= 0.3 is 0 Å². The van der Waals surface area contributed by atoms with Gasteiger partial charge in [0.05, 0.1) is 0 Å². The van der Waals surface area contributed by atoms with E-state index >= 15 is 0 Å². The van der Waals surface area contributed by atoms with Crippen LogP contribution in [0.5, 0.6) is 0 Å². The maximum Gasteiger partial charge on any atom is 0.0273 e. The van der Waals surface area contributed by atoms with Gasteiger partial charge in [0.15, 0.2) is 0 Å². The molecule has 1 heteroatoms. The highest BCUT2D eigenvalue weighted by Crippen LogP contribution is 2.13. The first-order valence-electron chi connectivity index (χ1n) is 5.24. The van der Waals surface area contributed by atoms with Crippen LogP contribution in [0.1, 0.15) is 26.3 Å². The Kier molecular flexibility index (Phi) is 7.97. The van der Waals surface area contributed by atoms with Crippen molar-refractivity contribution in [3.8, 4) is 0 Å². The largest absolute Gasteiger partial charge is 0.265 e. The third-order valence-corrected chi connectivity index (χ3v) is 1.74. The number of pyridine rings is 1. The molecule has 0 saturated heterocycles. The molecule has 0 bridgehead atoms. The van der Waals surface area contributed by atoms with E-state index in [2.05, 4.69) is 17.6 Å². The number of nitrogens with zero attached hydrogens (tertiary/aromatic N) is 1. The fourth-order valence-corrected chi connectivity index (χ4v) is 1.08. The van der Waals surface area contributed by atoms with Crippen LogP contribution in [0, 0.1) is 0 Å². The van der Waals surface area contributed by atoms with Crippen molar-refractivity contribution in [2.45, 2.75) is 20.8 Å². The van der Waals surface area contributed by atoms with Gasteiger partial charge in [0.2, 0.25) is 0 Å². The van der Waals surface area contributed by atoms with Crippen molar-refractivity contribution in [1.29, 1.82) is 0 Å². The Labute approximate surface area is 92.9 Å². The lowest BCUT2D eigenvalue weighted by Gasteiger charge is -1.99. The third-order valence-electron chi connectivity index (χ3n) is 1.74. The molecule has 80 valence electrons. The van der Waals surface area contributed by atoms with Gasteiger partial charge in [-0.05, 0) is 30.2 Å². The predicted octanol–water partition coefficient (Wildman–Crippen LogP) is 4.25. The van der Waals surface area contributed by atoms with Crippen molar-refractivity contribution in [3.05, 3.63) is 61.0 Å². The molecule has 0 aliphatic carbocycles. The molecule has 0 radical (unpaired) electrons. The summed E-state index contributed by atoms with van der Waals surface area (Å²) in [6, 6.07) is 3.98. The molecule has 0 unspecified atom stereocenters. The predicted molar refractivity (Wildman–Crippen MR) is 68.6 cm³/mol. The van der Waals surface area contributed by atoms with Gasteiger partial charge < -0.3 is 0 Å². The van der Waals surface area contributed by atoms with Gasteiger partial charge in [-0.1, -0.05) is 44.7 Å². The maximum absolute atomic E-state index is 3.97. The highest BCUT2D eigenvalue weighted by molar-refractivity contribution is 5.73. The van der Waals surface area contributed by atoms with Crippen molar-refractivity contribution < 1.29 is 0 Å². The molecule has 0 aliphatic heterocycles. The minimum atomic E-state index is 1.18. The summed E-state index contributed by atoms with van der Waals surface area (Å²) >= 11 is 0. The van der Waals surface area contributed by atoms with E-state index in [0.717, 1.165) is 0 Å². The Balaban J connectivity index is 0.000000921. The van der Waals surface area contributed by atoms with Crippen LogP contribution < -0.4 is 0 Å². The second-order valence-corrected chi connectivity index (χ2v) is 2.57. The molecular weight excluding hydrogens is 182 g/mol. The van der Waals surface area contributed by atoms with Crippen LogP contribution >= 0.6 is 0 Å². The molecule has 0 aliphatic rings. The molecule has 0 amide bonds. The standard InChI is InChI=1S/C12H13N.C2H6/c1-3-5-6-11(4-2)12-7-9-13-10-8-12;1-2/h3-10H,1H2,2H3;1-2H3/b6-5-,11-4+;. The fourth-order valence-electron chi connectivity index (χ4n) is 1.08. The Morgan fingerprint density at radius 3 is 2.33 bits per heavy atom. The van der Waals surface area contributed by atoms with Gasteiger partial charge in [-0.15, -0.1) is 0 Å².